The monoisotopic (exact) mass is 746 g/mol. The molecule has 5 rings (SSSR count). The van der Waals surface area contributed by atoms with Gasteiger partial charge in [-0.15, -0.1) is 0 Å². The second kappa shape index (κ2) is 15.0. The van der Waals surface area contributed by atoms with Gasteiger partial charge in [0.1, 0.15) is 17.7 Å². The van der Waals surface area contributed by atoms with Crippen LogP contribution in [0.3, 0.4) is 0 Å². The Morgan fingerprint density at radius 3 is 2.46 bits per heavy atom. The molecule has 2 unspecified atom stereocenters. The van der Waals surface area contributed by atoms with Crippen molar-refractivity contribution in [3.63, 3.8) is 0 Å². The molecule has 0 radical (unpaired) electrons. The van der Waals surface area contributed by atoms with Crippen molar-refractivity contribution in [2.45, 2.75) is 43.4 Å². The van der Waals surface area contributed by atoms with Crippen molar-refractivity contribution in [2.24, 2.45) is 5.92 Å². The van der Waals surface area contributed by atoms with Crippen LogP contribution in [0.4, 0.5) is 29.1 Å². The number of amides is 1. The molecule has 52 heavy (non-hydrogen) atoms. The molecule has 2 heterocycles. The van der Waals surface area contributed by atoms with Crippen molar-refractivity contribution >= 4 is 50.0 Å². The first-order valence-corrected chi connectivity index (χ1v) is 17.6. The number of hydrogen-bond donors (Lipinski definition) is 2. The molecule has 12 nitrogen and oxygen atoms in total. The topological polar surface area (TPSA) is 167 Å². The number of carbonyl (C=O) groups is 3. The van der Waals surface area contributed by atoms with Gasteiger partial charge in [0.15, 0.2) is 21.3 Å². The van der Waals surface area contributed by atoms with E-state index in [1.807, 2.05) is 0 Å². The van der Waals surface area contributed by atoms with Crippen molar-refractivity contribution in [1.29, 1.82) is 0 Å². The fourth-order valence-corrected chi connectivity index (χ4v) is 7.30. The van der Waals surface area contributed by atoms with Crippen LogP contribution in [0, 0.1) is 11.7 Å². The molecular weight excluding hydrogens is 712 g/mol. The number of pyridine rings is 1. The highest BCUT2D eigenvalue weighted by molar-refractivity contribution is 7.91. The minimum atomic E-state index is -5.51. The highest BCUT2D eigenvalue weighted by atomic mass is 32.2. The van der Waals surface area contributed by atoms with Gasteiger partial charge in [-0.2, -0.15) is 13.2 Å². The van der Waals surface area contributed by atoms with Gasteiger partial charge in [0.05, 0.1) is 36.3 Å². The summed E-state index contributed by atoms with van der Waals surface area (Å²) in [6.07, 6.45) is -4.37. The van der Waals surface area contributed by atoms with Crippen LogP contribution in [0.15, 0.2) is 71.8 Å². The summed E-state index contributed by atoms with van der Waals surface area (Å²) in [5, 5.41) is 4.23. The van der Waals surface area contributed by atoms with Crippen LogP contribution in [0.5, 0.6) is 11.5 Å². The number of nitrogen functional groups attached to an aromatic ring is 1. The van der Waals surface area contributed by atoms with E-state index in [1.165, 1.54) is 50.6 Å². The van der Waals surface area contributed by atoms with E-state index in [4.69, 9.17) is 15.2 Å². The van der Waals surface area contributed by atoms with Gasteiger partial charge in [0.25, 0.3) is 0 Å². The number of anilines is 2. The lowest BCUT2D eigenvalue weighted by Crippen LogP contribution is -2.41. The van der Waals surface area contributed by atoms with Gasteiger partial charge in [0.2, 0.25) is 5.91 Å². The molecule has 1 amide bonds. The van der Waals surface area contributed by atoms with Gasteiger partial charge in [0, 0.05) is 35.4 Å². The number of likely N-dealkylation sites (tertiary alicyclic amines) is 1. The number of methoxy groups -OCH3 is 1. The summed E-state index contributed by atoms with van der Waals surface area (Å²) in [4.78, 5) is 44.7. The van der Waals surface area contributed by atoms with E-state index in [0.29, 0.717) is 16.5 Å². The molecule has 4 aromatic rings. The average Bonchev–Trinajstić information content (AvgIpc) is 3.56. The van der Waals surface area contributed by atoms with Crippen LogP contribution in [0.1, 0.15) is 43.5 Å². The molecule has 1 aromatic heterocycles. The van der Waals surface area contributed by atoms with Gasteiger partial charge in [-0.25, -0.2) is 22.6 Å². The van der Waals surface area contributed by atoms with Crippen molar-refractivity contribution in [1.82, 2.24) is 9.88 Å². The molecule has 3 atom stereocenters. The first-order valence-electron chi connectivity index (χ1n) is 16.0. The Morgan fingerprint density at radius 2 is 1.79 bits per heavy atom. The number of esters is 2. The van der Waals surface area contributed by atoms with Gasteiger partial charge in [-0.05, 0) is 60.7 Å². The Labute approximate surface area is 295 Å². The molecule has 1 saturated heterocycles. The van der Waals surface area contributed by atoms with Crippen LogP contribution < -0.4 is 20.5 Å². The van der Waals surface area contributed by atoms with Crippen LogP contribution in [-0.2, 0) is 29.0 Å². The normalized spacial score (nSPS) is 16.7. The van der Waals surface area contributed by atoms with Gasteiger partial charge in [-0.1, -0.05) is 25.1 Å². The third-order valence-electron chi connectivity index (χ3n) is 8.61. The number of nitrogens with zero attached hydrogens (tertiary/aromatic N) is 2. The summed E-state index contributed by atoms with van der Waals surface area (Å²) in [6, 6.07) is 11.0. The van der Waals surface area contributed by atoms with Gasteiger partial charge < -0.3 is 30.2 Å². The summed E-state index contributed by atoms with van der Waals surface area (Å²) in [5.41, 5.74) is 5.97. The first kappa shape index (κ1) is 37.8. The van der Waals surface area contributed by atoms with Crippen molar-refractivity contribution in [3.05, 3.63) is 83.8 Å². The average molecular weight is 747 g/mol. The predicted molar refractivity (Wildman–Crippen MR) is 181 cm³/mol. The molecule has 3 aromatic carbocycles. The number of carbonyl (C=O) groups excluding carboxylic acids is 3. The van der Waals surface area contributed by atoms with E-state index >= 15 is 4.39 Å². The number of hydrogen-bond acceptors (Lipinski definition) is 11. The largest absolute Gasteiger partial charge is 0.493 e. The van der Waals surface area contributed by atoms with Crippen molar-refractivity contribution in [2.75, 3.05) is 37.1 Å². The fourth-order valence-electron chi connectivity index (χ4n) is 6.16. The van der Waals surface area contributed by atoms with Crippen molar-refractivity contribution < 1.29 is 54.6 Å². The Kier molecular flexibility index (Phi) is 10.9. The molecule has 0 saturated carbocycles. The minimum Gasteiger partial charge on any atom is -0.493 e. The molecule has 0 aliphatic carbocycles. The number of sulfone groups is 1. The number of halogens is 4. The molecule has 0 spiro atoms. The minimum absolute atomic E-state index is 0.0258. The standard InChI is InChI=1S/C35H34F4N4O8S/c1-4-50-27-17-24(25(36)18-26(27)49-3)29(42-20-10-11-21-19(16-20)12-14-41-31(21)40)32(44)43-15-13-23(33(45)51-34(46)35(37,38)39)30(43)22-8-6-7-9-28(22)52(47,48)5-2/h6-12,14,16-18,23,29-30,42H,4-5,13,15H2,1-3H3,(H2,40,41)/t23?,29-,30?/m0/s1. The summed E-state index contributed by atoms with van der Waals surface area (Å²) >= 11 is 0. The smallest absolute Gasteiger partial charge is 0.491 e. The van der Waals surface area contributed by atoms with Crippen LogP contribution in [-0.4, -0.2) is 68.3 Å². The van der Waals surface area contributed by atoms with E-state index in [2.05, 4.69) is 15.0 Å². The maximum atomic E-state index is 16.0. The van der Waals surface area contributed by atoms with Crippen LogP contribution >= 0.6 is 0 Å². The molecule has 1 fully saturated rings. The van der Waals surface area contributed by atoms with Gasteiger partial charge in [-0.3, -0.25) is 9.59 Å². The van der Waals surface area contributed by atoms with E-state index in [-0.39, 0.29) is 52.9 Å². The fraction of sp³-hybridized carbons (Fsp3) is 0.314. The van der Waals surface area contributed by atoms with E-state index in [9.17, 15) is 36.0 Å². The number of nitrogens with one attached hydrogen (secondary N) is 1. The molecule has 276 valence electrons. The highest BCUT2D eigenvalue weighted by Crippen LogP contribution is 2.44. The molecule has 1 aliphatic rings. The van der Waals surface area contributed by atoms with E-state index in [0.717, 1.165) is 11.0 Å². The lowest BCUT2D eigenvalue weighted by molar-refractivity contribution is -0.203. The molecule has 17 heteroatoms. The predicted octanol–water partition coefficient (Wildman–Crippen LogP) is 5.53. The number of aromatic nitrogens is 1. The quantitative estimate of drug-likeness (QED) is 0.113. The number of ether oxygens (including phenoxy) is 3. The Balaban J connectivity index is 1.67. The number of rotatable bonds is 11. The summed E-state index contributed by atoms with van der Waals surface area (Å²) < 4.78 is 97.1. The number of nitrogens with two attached hydrogens (primary N) is 1. The number of alkyl halides is 3. The lowest BCUT2D eigenvalue weighted by Gasteiger charge is -2.33. The summed E-state index contributed by atoms with van der Waals surface area (Å²) in [5.74, 6) is -7.86. The summed E-state index contributed by atoms with van der Waals surface area (Å²) in [7, 11) is -2.74. The number of benzene rings is 3. The lowest BCUT2D eigenvalue weighted by atomic mass is 9.93. The number of fused-ring (bicyclic) bond motifs is 1. The molecule has 0 bridgehead atoms. The van der Waals surface area contributed by atoms with Crippen molar-refractivity contribution in [3.8, 4) is 11.5 Å². The molecular formula is C35H34F4N4O8S. The molecule has 3 N–H and O–H groups in total. The molecule has 1 aliphatic heterocycles. The zero-order valence-corrected chi connectivity index (χ0v) is 28.9. The van der Waals surface area contributed by atoms with E-state index in [1.54, 1.807) is 31.2 Å². The van der Waals surface area contributed by atoms with Gasteiger partial charge >= 0.3 is 18.1 Å². The maximum absolute atomic E-state index is 16.0. The van der Waals surface area contributed by atoms with Crippen LogP contribution in [0.2, 0.25) is 0 Å². The van der Waals surface area contributed by atoms with Crippen LogP contribution in [0.25, 0.3) is 10.8 Å². The Bertz CT molecular complexity index is 2130. The second-order valence-corrected chi connectivity index (χ2v) is 13.9. The highest BCUT2D eigenvalue weighted by Gasteiger charge is 2.49. The Hall–Kier alpha value is -5.45. The zero-order chi connectivity index (χ0) is 38.0. The SMILES string of the molecule is CCOc1cc([C@H](Nc2ccc3c(N)nccc3c2)C(=O)N2CCC(C(=O)OC(=O)C(F)(F)F)C2c2ccccc2S(=O)(=O)CC)c(F)cc1OC. The van der Waals surface area contributed by atoms with E-state index < -0.39 is 63.4 Å². The Morgan fingerprint density at radius 1 is 1.06 bits per heavy atom. The third-order valence-corrected chi connectivity index (χ3v) is 10.4. The first-order chi connectivity index (χ1) is 24.6. The third kappa shape index (κ3) is 7.58. The second-order valence-electron chi connectivity index (χ2n) is 11.7. The maximum Gasteiger partial charge on any atom is 0.491 e. The summed E-state index contributed by atoms with van der Waals surface area (Å²) in [6.45, 7) is 2.87. The zero-order valence-electron chi connectivity index (χ0n) is 28.1.